The van der Waals surface area contributed by atoms with Crippen molar-refractivity contribution in [2.24, 2.45) is 0 Å². The van der Waals surface area contributed by atoms with Crippen LogP contribution in [0.4, 0.5) is 10.5 Å². The van der Waals surface area contributed by atoms with Crippen LogP contribution in [0.1, 0.15) is 18.9 Å². The number of rotatable bonds is 7. The summed E-state index contributed by atoms with van der Waals surface area (Å²) in [6.07, 6.45) is -0.680. The Labute approximate surface area is 149 Å². The number of nitrogens with zero attached hydrogens (tertiary/aromatic N) is 1. The maximum absolute atomic E-state index is 12.1. The van der Waals surface area contributed by atoms with Gasteiger partial charge in [-0.05, 0) is 31.2 Å². The number of esters is 1. The quantitative estimate of drug-likeness (QED) is 0.504. The van der Waals surface area contributed by atoms with Crippen molar-refractivity contribution in [2.45, 2.75) is 25.4 Å². The molecular formula is C16H18N4O6. The summed E-state index contributed by atoms with van der Waals surface area (Å²) < 4.78 is 4.46. The Hall–Kier alpha value is -3.61. The molecule has 0 fully saturated rings. The summed E-state index contributed by atoms with van der Waals surface area (Å²) in [5.74, 6) is -2.87. The second kappa shape index (κ2) is 9.63. The largest absolute Gasteiger partial charge is 0.481 e. The second-order valence-corrected chi connectivity index (χ2v) is 5.19. The van der Waals surface area contributed by atoms with Gasteiger partial charge in [0.1, 0.15) is 12.1 Å². The van der Waals surface area contributed by atoms with Crippen LogP contribution in [0.3, 0.4) is 0 Å². The molecule has 1 rings (SSSR count). The van der Waals surface area contributed by atoms with Crippen molar-refractivity contribution in [3.05, 3.63) is 29.8 Å². The third-order valence-electron chi connectivity index (χ3n) is 3.19. The summed E-state index contributed by atoms with van der Waals surface area (Å²) in [6, 6.07) is 4.61. The Morgan fingerprint density at radius 3 is 2.31 bits per heavy atom. The van der Waals surface area contributed by atoms with Gasteiger partial charge in [-0.15, -0.1) is 0 Å². The van der Waals surface area contributed by atoms with Crippen LogP contribution in [0, 0.1) is 11.3 Å². The normalized spacial score (nSPS) is 12.0. The molecule has 2 atom stereocenters. The first-order valence-corrected chi connectivity index (χ1v) is 7.44. The number of amides is 3. The van der Waals surface area contributed by atoms with E-state index in [0.717, 1.165) is 7.11 Å². The fraction of sp³-hybridized carbons (Fsp3) is 0.312. The SMILES string of the molecule is COC(=O)C(C)NC(=O)C(CC(=O)O)NC(=O)Nc1ccc(C#N)cc1. The highest BCUT2D eigenvalue weighted by molar-refractivity contribution is 5.96. The van der Waals surface area contributed by atoms with E-state index < -0.39 is 42.4 Å². The van der Waals surface area contributed by atoms with Crippen molar-refractivity contribution >= 4 is 29.6 Å². The molecule has 3 amide bonds. The smallest absolute Gasteiger partial charge is 0.328 e. The standard InChI is InChI=1S/C16H18N4O6/c1-9(15(24)26-2)18-14(23)12(7-13(21)22)20-16(25)19-11-5-3-10(8-17)4-6-11/h3-6,9,12H,7H2,1-2H3,(H,18,23)(H,21,22)(H2,19,20,25). The number of carboxylic acids is 1. The Kier molecular flexibility index (Phi) is 7.57. The summed E-state index contributed by atoms with van der Waals surface area (Å²) in [5.41, 5.74) is 0.745. The maximum Gasteiger partial charge on any atom is 0.328 e. The van der Waals surface area contributed by atoms with Crippen LogP contribution in [0.5, 0.6) is 0 Å². The van der Waals surface area contributed by atoms with E-state index in [1.165, 1.54) is 31.2 Å². The first-order valence-electron chi connectivity index (χ1n) is 7.44. The number of carbonyl (C=O) groups excluding carboxylic acids is 3. The first-order chi connectivity index (χ1) is 12.3. The predicted octanol–water partition coefficient (Wildman–Crippen LogP) is 0.201. The molecule has 26 heavy (non-hydrogen) atoms. The summed E-state index contributed by atoms with van der Waals surface area (Å²) in [4.78, 5) is 46.4. The van der Waals surface area contributed by atoms with Crippen LogP contribution < -0.4 is 16.0 Å². The average Bonchev–Trinajstić information content (AvgIpc) is 2.60. The van der Waals surface area contributed by atoms with Crippen molar-refractivity contribution in [3.8, 4) is 6.07 Å². The molecule has 0 aliphatic carbocycles. The van der Waals surface area contributed by atoms with Gasteiger partial charge in [0, 0.05) is 5.69 Å². The molecule has 0 saturated heterocycles. The number of anilines is 1. The predicted molar refractivity (Wildman–Crippen MR) is 89.0 cm³/mol. The van der Waals surface area contributed by atoms with Gasteiger partial charge >= 0.3 is 18.0 Å². The molecule has 1 aromatic rings. The number of ether oxygens (including phenoxy) is 1. The molecule has 138 valence electrons. The lowest BCUT2D eigenvalue weighted by molar-refractivity contribution is -0.145. The van der Waals surface area contributed by atoms with E-state index in [9.17, 15) is 19.2 Å². The molecule has 0 heterocycles. The Morgan fingerprint density at radius 2 is 1.81 bits per heavy atom. The number of benzene rings is 1. The molecule has 10 nitrogen and oxygen atoms in total. The molecule has 0 saturated carbocycles. The molecule has 10 heteroatoms. The number of carboxylic acid groups (broad SMARTS) is 1. The number of methoxy groups -OCH3 is 1. The van der Waals surface area contributed by atoms with Gasteiger partial charge in [0.25, 0.3) is 0 Å². The zero-order valence-electron chi connectivity index (χ0n) is 14.1. The molecule has 2 unspecified atom stereocenters. The Bertz CT molecular complexity index is 725. The van der Waals surface area contributed by atoms with E-state index in [0.29, 0.717) is 11.3 Å². The number of nitriles is 1. The summed E-state index contributed by atoms with van der Waals surface area (Å²) in [5, 5.41) is 24.5. The van der Waals surface area contributed by atoms with Crippen LogP contribution in [-0.2, 0) is 19.1 Å². The highest BCUT2D eigenvalue weighted by Gasteiger charge is 2.26. The van der Waals surface area contributed by atoms with E-state index >= 15 is 0 Å². The number of aliphatic carboxylic acids is 1. The van der Waals surface area contributed by atoms with Crippen molar-refractivity contribution in [1.82, 2.24) is 10.6 Å². The van der Waals surface area contributed by atoms with Crippen molar-refractivity contribution < 1.29 is 29.0 Å². The van der Waals surface area contributed by atoms with Gasteiger partial charge in [-0.2, -0.15) is 5.26 Å². The van der Waals surface area contributed by atoms with Gasteiger partial charge in [-0.1, -0.05) is 0 Å². The van der Waals surface area contributed by atoms with E-state index in [2.05, 4.69) is 20.7 Å². The second-order valence-electron chi connectivity index (χ2n) is 5.19. The molecular weight excluding hydrogens is 344 g/mol. The van der Waals surface area contributed by atoms with Crippen LogP contribution in [-0.4, -0.2) is 48.2 Å². The average molecular weight is 362 g/mol. The zero-order valence-corrected chi connectivity index (χ0v) is 14.1. The van der Waals surface area contributed by atoms with Gasteiger partial charge in [0.2, 0.25) is 5.91 Å². The lowest BCUT2D eigenvalue weighted by atomic mass is 10.1. The highest BCUT2D eigenvalue weighted by Crippen LogP contribution is 2.08. The molecule has 0 radical (unpaired) electrons. The van der Waals surface area contributed by atoms with Crippen LogP contribution in [0.15, 0.2) is 24.3 Å². The van der Waals surface area contributed by atoms with Gasteiger partial charge in [0.05, 0.1) is 25.2 Å². The van der Waals surface area contributed by atoms with E-state index in [4.69, 9.17) is 10.4 Å². The molecule has 0 bridgehead atoms. The first kappa shape index (κ1) is 20.4. The number of urea groups is 1. The third-order valence-corrected chi connectivity index (χ3v) is 3.19. The van der Waals surface area contributed by atoms with E-state index in [1.54, 1.807) is 0 Å². The summed E-state index contributed by atoms with van der Waals surface area (Å²) in [7, 11) is 1.14. The summed E-state index contributed by atoms with van der Waals surface area (Å²) >= 11 is 0. The van der Waals surface area contributed by atoms with E-state index in [-0.39, 0.29) is 0 Å². The van der Waals surface area contributed by atoms with Crippen LogP contribution in [0.2, 0.25) is 0 Å². The molecule has 0 aromatic heterocycles. The van der Waals surface area contributed by atoms with Gasteiger partial charge in [-0.25, -0.2) is 9.59 Å². The molecule has 0 aliphatic rings. The van der Waals surface area contributed by atoms with Crippen molar-refractivity contribution in [2.75, 3.05) is 12.4 Å². The van der Waals surface area contributed by atoms with Crippen LogP contribution >= 0.6 is 0 Å². The van der Waals surface area contributed by atoms with Crippen molar-refractivity contribution in [3.63, 3.8) is 0 Å². The summed E-state index contributed by atoms with van der Waals surface area (Å²) in [6.45, 7) is 1.36. The molecule has 0 spiro atoms. The number of carbonyl (C=O) groups is 4. The fourth-order valence-corrected chi connectivity index (χ4v) is 1.89. The molecule has 1 aromatic carbocycles. The van der Waals surface area contributed by atoms with Crippen molar-refractivity contribution in [1.29, 1.82) is 5.26 Å². The minimum absolute atomic E-state index is 0.346. The zero-order chi connectivity index (χ0) is 19.7. The molecule has 0 aliphatic heterocycles. The van der Waals surface area contributed by atoms with Gasteiger partial charge in [0.15, 0.2) is 0 Å². The maximum atomic E-state index is 12.1. The monoisotopic (exact) mass is 362 g/mol. The number of nitrogens with one attached hydrogen (secondary N) is 3. The van der Waals surface area contributed by atoms with Gasteiger partial charge in [-0.3, -0.25) is 9.59 Å². The lowest BCUT2D eigenvalue weighted by Crippen LogP contribution is -2.52. The third kappa shape index (κ3) is 6.48. The minimum atomic E-state index is -1.40. The Morgan fingerprint density at radius 1 is 1.19 bits per heavy atom. The fourth-order valence-electron chi connectivity index (χ4n) is 1.89. The minimum Gasteiger partial charge on any atom is -0.481 e. The van der Waals surface area contributed by atoms with E-state index in [1.807, 2.05) is 6.07 Å². The molecule has 4 N–H and O–H groups in total. The van der Waals surface area contributed by atoms with Crippen LogP contribution in [0.25, 0.3) is 0 Å². The van der Waals surface area contributed by atoms with Gasteiger partial charge < -0.3 is 25.8 Å². The topological polar surface area (TPSA) is 158 Å². The Balaban J connectivity index is 2.74. The number of hydrogen-bond acceptors (Lipinski definition) is 6. The lowest BCUT2D eigenvalue weighted by Gasteiger charge is -2.19. The number of hydrogen-bond donors (Lipinski definition) is 4. The highest BCUT2D eigenvalue weighted by atomic mass is 16.5.